The van der Waals surface area contributed by atoms with Crippen LogP contribution in [0.2, 0.25) is 0 Å². The summed E-state index contributed by atoms with van der Waals surface area (Å²) in [4.78, 5) is 25.4. The lowest BCUT2D eigenvalue weighted by Crippen LogP contribution is -2.40. The summed E-state index contributed by atoms with van der Waals surface area (Å²) in [5.74, 6) is -1.06. The largest absolute Gasteiger partial charge is 0.451 e. The van der Waals surface area contributed by atoms with Gasteiger partial charge in [-0.25, -0.2) is 13.2 Å². The van der Waals surface area contributed by atoms with Gasteiger partial charge < -0.3 is 9.47 Å². The molecule has 1 aliphatic rings. The lowest BCUT2D eigenvalue weighted by atomic mass is 10.0. The third-order valence-electron chi connectivity index (χ3n) is 5.46. The highest BCUT2D eigenvalue weighted by molar-refractivity contribution is 7.89. The van der Waals surface area contributed by atoms with E-state index in [1.54, 1.807) is 25.1 Å². The van der Waals surface area contributed by atoms with E-state index in [1.807, 2.05) is 19.9 Å². The average molecular weight is 446 g/mol. The fourth-order valence-corrected chi connectivity index (χ4v) is 5.00. The molecule has 0 aromatic heterocycles. The predicted octanol–water partition coefficient (Wildman–Crippen LogP) is 3.06. The highest BCUT2D eigenvalue weighted by Gasteiger charge is 2.29. The van der Waals surface area contributed by atoms with Crippen molar-refractivity contribution in [3.63, 3.8) is 0 Å². The minimum atomic E-state index is -3.77. The number of nitrogens with zero attached hydrogens (tertiary/aromatic N) is 1. The molecule has 2 aromatic carbocycles. The van der Waals surface area contributed by atoms with Crippen LogP contribution in [0.1, 0.15) is 44.3 Å². The number of sulfonamides is 1. The SMILES string of the molecule is Cc1ccc(C(=O)C(C)OC(=O)c2ccc(C)c(S(=O)(=O)N3CCOCC3)c2)cc1C. The van der Waals surface area contributed by atoms with E-state index in [9.17, 15) is 18.0 Å². The molecule has 0 amide bonds. The van der Waals surface area contributed by atoms with Gasteiger partial charge in [-0.15, -0.1) is 0 Å². The molecule has 0 spiro atoms. The number of carbonyl (C=O) groups excluding carboxylic acids is 2. The molecule has 0 radical (unpaired) electrons. The van der Waals surface area contributed by atoms with Gasteiger partial charge >= 0.3 is 5.97 Å². The van der Waals surface area contributed by atoms with Crippen LogP contribution >= 0.6 is 0 Å². The molecular formula is C23H27NO6S. The zero-order chi connectivity index (χ0) is 22.8. The van der Waals surface area contributed by atoms with E-state index in [-0.39, 0.29) is 29.3 Å². The number of morpholine rings is 1. The van der Waals surface area contributed by atoms with Gasteiger partial charge in [0.05, 0.1) is 23.7 Å². The molecule has 1 atom stereocenters. The molecule has 1 saturated heterocycles. The molecular weight excluding hydrogens is 418 g/mol. The van der Waals surface area contributed by atoms with Gasteiger partial charge in [-0.2, -0.15) is 4.31 Å². The summed E-state index contributed by atoms with van der Waals surface area (Å²) in [6, 6.07) is 9.70. The summed E-state index contributed by atoms with van der Waals surface area (Å²) in [5.41, 5.74) is 3.11. The molecule has 1 aliphatic heterocycles. The molecule has 1 heterocycles. The van der Waals surface area contributed by atoms with Crippen molar-refractivity contribution in [2.75, 3.05) is 26.3 Å². The molecule has 1 unspecified atom stereocenters. The Kier molecular flexibility index (Phi) is 6.93. The topological polar surface area (TPSA) is 90.0 Å². The molecule has 0 bridgehead atoms. The van der Waals surface area contributed by atoms with Crippen LogP contribution in [0.4, 0.5) is 0 Å². The van der Waals surface area contributed by atoms with Crippen molar-refractivity contribution in [2.24, 2.45) is 0 Å². The number of ketones is 1. The quantitative estimate of drug-likeness (QED) is 0.501. The van der Waals surface area contributed by atoms with Crippen LogP contribution in [0.25, 0.3) is 0 Å². The Morgan fingerprint density at radius 3 is 2.19 bits per heavy atom. The zero-order valence-corrected chi connectivity index (χ0v) is 19.0. The number of esters is 1. The Morgan fingerprint density at radius 2 is 1.55 bits per heavy atom. The molecule has 0 saturated carbocycles. The van der Waals surface area contributed by atoms with Gasteiger partial charge in [0.1, 0.15) is 0 Å². The molecule has 0 aliphatic carbocycles. The number of rotatable bonds is 6. The van der Waals surface area contributed by atoms with Gasteiger partial charge in [0.2, 0.25) is 15.8 Å². The Labute approximate surface area is 183 Å². The highest BCUT2D eigenvalue weighted by Crippen LogP contribution is 2.23. The number of ether oxygens (including phenoxy) is 2. The molecule has 31 heavy (non-hydrogen) atoms. The molecule has 7 nitrogen and oxygen atoms in total. The summed E-state index contributed by atoms with van der Waals surface area (Å²) >= 11 is 0. The lowest BCUT2D eigenvalue weighted by Gasteiger charge is -2.26. The van der Waals surface area contributed by atoms with E-state index in [0.29, 0.717) is 24.3 Å². The van der Waals surface area contributed by atoms with Crippen LogP contribution in [0.3, 0.4) is 0 Å². The minimum Gasteiger partial charge on any atom is -0.451 e. The second-order valence-electron chi connectivity index (χ2n) is 7.71. The number of hydrogen-bond donors (Lipinski definition) is 0. The molecule has 0 N–H and O–H groups in total. The van der Waals surface area contributed by atoms with Gasteiger partial charge in [-0.1, -0.05) is 18.2 Å². The monoisotopic (exact) mass is 445 g/mol. The standard InChI is InChI=1S/C23H27NO6S/c1-15-5-7-19(13-17(15)3)22(25)18(4)30-23(26)20-8-6-16(2)21(14-20)31(27,28)24-9-11-29-12-10-24/h5-8,13-14,18H,9-12H2,1-4H3. The van der Waals surface area contributed by atoms with Crippen LogP contribution in [0.5, 0.6) is 0 Å². The Balaban J connectivity index is 1.79. The van der Waals surface area contributed by atoms with Crippen molar-refractivity contribution in [1.82, 2.24) is 4.31 Å². The second-order valence-corrected chi connectivity index (χ2v) is 9.61. The maximum atomic E-state index is 13.0. The van der Waals surface area contributed by atoms with E-state index in [4.69, 9.17) is 9.47 Å². The van der Waals surface area contributed by atoms with Crippen molar-refractivity contribution in [2.45, 2.75) is 38.7 Å². The first-order valence-corrected chi connectivity index (χ1v) is 11.6. The molecule has 2 aromatic rings. The van der Waals surface area contributed by atoms with Crippen molar-refractivity contribution >= 4 is 21.8 Å². The average Bonchev–Trinajstić information content (AvgIpc) is 2.75. The van der Waals surface area contributed by atoms with E-state index in [1.165, 1.54) is 23.4 Å². The summed E-state index contributed by atoms with van der Waals surface area (Å²) < 4.78 is 38.0. The molecule has 1 fully saturated rings. The summed E-state index contributed by atoms with van der Waals surface area (Å²) in [5, 5.41) is 0. The van der Waals surface area contributed by atoms with Gasteiger partial charge in [0, 0.05) is 18.7 Å². The van der Waals surface area contributed by atoms with Crippen molar-refractivity contribution in [1.29, 1.82) is 0 Å². The maximum Gasteiger partial charge on any atom is 0.338 e. The molecule has 3 rings (SSSR count). The van der Waals surface area contributed by atoms with Crippen LogP contribution in [-0.2, 0) is 19.5 Å². The Hall–Kier alpha value is -2.55. The van der Waals surface area contributed by atoms with E-state index >= 15 is 0 Å². The number of benzene rings is 2. The summed E-state index contributed by atoms with van der Waals surface area (Å²) in [6.07, 6.45) is -1.00. The third kappa shape index (κ3) is 5.03. The van der Waals surface area contributed by atoms with Crippen molar-refractivity contribution in [3.05, 3.63) is 64.2 Å². The van der Waals surface area contributed by atoms with Gasteiger partial charge in [-0.05, 0) is 62.6 Å². The zero-order valence-electron chi connectivity index (χ0n) is 18.2. The second kappa shape index (κ2) is 9.30. The van der Waals surface area contributed by atoms with E-state index in [0.717, 1.165) is 11.1 Å². The van der Waals surface area contributed by atoms with Crippen LogP contribution < -0.4 is 0 Å². The maximum absolute atomic E-state index is 13.0. The minimum absolute atomic E-state index is 0.0528. The molecule has 8 heteroatoms. The highest BCUT2D eigenvalue weighted by atomic mass is 32.2. The fourth-order valence-electron chi connectivity index (χ4n) is 3.34. The van der Waals surface area contributed by atoms with Gasteiger partial charge in [-0.3, -0.25) is 4.79 Å². The third-order valence-corrected chi connectivity index (χ3v) is 7.50. The number of hydrogen-bond acceptors (Lipinski definition) is 6. The normalized spacial score (nSPS) is 16.0. The van der Waals surface area contributed by atoms with Gasteiger partial charge in [0.15, 0.2) is 6.10 Å². The Morgan fingerprint density at radius 1 is 0.935 bits per heavy atom. The van der Waals surface area contributed by atoms with Gasteiger partial charge in [0.25, 0.3) is 0 Å². The first-order chi connectivity index (χ1) is 14.6. The van der Waals surface area contributed by atoms with Crippen LogP contribution in [0, 0.1) is 20.8 Å². The first kappa shape index (κ1) is 23.1. The van der Waals surface area contributed by atoms with E-state index in [2.05, 4.69) is 0 Å². The fraction of sp³-hybridized carbons (Fsp3) is 0.391. The molecule has 166 valence electrons. The van der Waals surface area contributed by atoms with Crippen LogP contribution in [-0.4, -0.2) is 56.9 Å². The summed E-state index contributed by atoms with van der Waals surface area (Å²) in [6.45, 7) is 8.23. The van der Waals surface area contributed by atoms with Crippen molar-refractivity contribution in [3.8, 4) is 0 Å². The lowest BCUT2D eigenvalue weighted by molar-refractivity contribution is 0.0318. The Bertz CT molecular complexity index is 1100. The number of carbonyl (C=O) groups is 2. The predicted molar refractivity (Wildman–Crippen MR) is 116 cm³/mol. The van der Waals surface area contributed by atoms with Crippen molar-refractivity contribution < 1.29 is 27.5 Å². The number of aryl methyl sites for hydroxylation is 3. The van der Waals surface area contributed by atoms with Crippen LogP contribution in [0.15, 0.2) is 41.3 Å². The smallest absolute Gasteiger partial charge is 0.338 e. The summed E-state index contributed by atoms with van der Waals surface area (Å²) in [7, 11) is -3.77. The first-order valence-electron chi connectivity index (χ1n) is 10.1. The number of Topliss-reactive ketones (excluding diaryl/α,β-unsaturated/α-hetero) is 1. The van der Waals surface area contributed by atoms with E-state index < -0.39 is 22.1 Å².